The van der Waals surface area contributed by atoms with Gasteiger partial charge >= 0.3 is 0 Å². The maximum atomic E-state index is 13.0. The Bertz CT molecular complexity index is 1100. The number of hydrogen-bond donors (Lipinski definition) is 1. The van der Waals surface area contributed by atoms with Crippen molar-refractivity contribution in [1.82, 2.24) is 5.32 Å². The molecule has 31 heavy (non-hydrogen) atoms. The zero-order valence-corrected chi connectivity index (χ0v) is 19.7. The Balaban J connectivity index is 1.89. The third kappa shape index (κ3) is 5.12. The first-order chi connectivity index (χ1) is 14.4. The molecule has 0 saturated carbocycles. The van der Waals surface area contributed by atoms with E-state index in [0.717, 1.165) is 27.3 Å². The van der Waals surface area contributed by atoms with Gasteiger partial charge in [-0.05, 0) is 63.1 Å². The highest BCUT2D eigenvalue weighted by atomic mass is 32.2. The Kier molecular flexibility index (Phi) is 6.23. The Morgan fingerprint density at radius 1 is 1.26 bits per heavy atom. The van der Waals surface area contributed by atoms with Crippen LogP contribution in [0.3, 0.4) is 0 Å². The SMILES string of the molecule is COc1ccc2c(c1)[C@@H](NC(=O)CN(c1cccc(C)c1C)S(C)(=O)=O)CC(C)(C)O2. The summed E-state index contributed by atoms with van der Waals surface area (Å²) in [6.07, 6.45) is 1.65. The van der Waals surface area contributed by atoms with Crippen molar-refractivity contribution >= 4 is 21.6 Å². The first-order valence-corrected chi connectivity index (χ1v) is 12.0. The number of ether oxygens (including phenoxy) is 2. The minimum Gasteiger partial charge on any atom is -0.497 e. The summed E-state index contributed by atoms with van der Waals surface area (Å²) in [6.45, 7) is 7.37. The molecule has 1 amide bonds. The molecular formula is C23H30N2O5S. The average molecular weight is 447 g/mol. The van der Waals surface area contributed by atoms with E-state index in [1.165, 1.54) is 0 Å². The lowest BCUT2D eigenvalue weighted by Crippen LogP contribution is -2.45. The number of fused-ring (bicyclic) bond motifs is 1. The molecule has 0 fully saturated rings. The van der Waals surface area contributed by atoms with E-state index in [9.17, 15) is 13.2 Å². The van der Waals surface area contributed by atoms with E-state index in [1.807, 2.05) is 52.0 Å². The van der Waals surface area contributed by atoms with Gasteiger partial charge < -0.3 is 14.8 Å². The third-order valence-corrected chi connectivity index (χ3v) is 6.67. The second kappa shape index (κ2) is 8.42. The maximum Gasteiger partial charge on any atom is 0.241 e. The zero-order chi connectivity index (χ0) is 23.0. The fourth-order valence-corrected chi connectivity index (χ4v) is 4.75. The molecule has 2 aromatic carbocycles. The van der Waals surface area contributed by atoms with Crippen LogP contribution in [0, 0.1) is 13.8 Å². The third-order valence-electron chi connectivity index (χ3n) is 5.54. The standard InChI is InChI=1S/C23H30N2O5S/c1-15-8-7-9-20(16(15)2)25(31(6,27)28)14-22(26)24-19-13-23(3,4)30-21-11-10-17(29-5)12-18(19)21/h7-12,19H,13-14H2,1-6H3,(H,24,26)/t19-/m0/s1. The number of amides is 1. The smallest absolute Gasteiger partial charge is 0.241 e. The van der Waals surface area contributed by atoms with Crippen molar-refractivity contribution < 1.29 is 22.7 Å². The van der Waals surface area contributed by atoms with Crippen molar-refractivity contribution in [2.75, 3.05) is 24.2 Å². The van der Waals surface area contributed by atoms with Gasteiger partial charge in [0.25, 0.3) is 0 Å². The predicted molar refractivity (Wildman–Crippen MR) is 121 cm³/mol. The lowest BCUT2D eigenvalue weighted by Gasteiger charge is -2.38. The lowest BCUT2D eigenvalue weighted by molar-refractivity contribution is -0.120. The van der Waals surface area contributed by atoms with Crippen LogP contribution in [0.25, 0.3) is 0 Å². The summed E-state index contributed by atoms with van der Waals surface area (Å²) in [5.74, 6) is 0.953. The van der Waals surface area contributed by atoms with Crippen LogP contribution in [0.15, 0.2) is 36.4 Å². The van der Waals surface area contributed by atoms with Gasteiger partial charge in [-0.2, -0.15) is 0 Å². The molecule has 8 heteroatoms. The van der Waals surface area contributed by atoms with Gasteiger partial charge in [0, 0.05) is 12.0 Å². The van der Waals surface area contributed by atoms with E-state index in [-0.39, 0.29) is 18.5 Å². The highest BCUT2D eigenvalue weighted by Gasteiger charge is 2.35. The molecule has 0 aliphatic carbocycles. The normalized spacial score (nSPS) is 17.3. The minimum absolute atomic E-state index is 0.305. The van der Waals surface area contributed by atoms with Crippen LogP contribution in [0.2, 0.25) is 0 Å². The molecule has 168 valence electrons. The quantitative estimate of drug-likeness (QED) is 0.734. The molecule has 0 saturated heterocycles. The predicted octanol–water partition coefficient (Wildman–Crippen LogP) is 3.50. The summed E-state index contributed by atoms with van der Waals surface area (Å²) in [4.78, 5) is 13.0. The molecule has 1 aliphatic rings. The molecule has 2 aromatic rings. The molecule has 1 heterocycles. The Hall–Kier alpha value is -2.74. The number of carbonyl (C=O) groups excluding carboxylic acids is 1. The summed E-state index contributed by atoms with van der Waals surface area (Å²) in [7, 11) is -2.08. The fraction of sp³-hybridized carbons (Fsp3) is 0.435. The van der Waals surface area contributed by atoms with Gasteiger partial charge in [0.05, 0.1) is 25.1 Å². The summed E-state index contributed by atoms with van der Waals surface area (Å²) in [5.41, 5.74) is 2.61. The monoisotopic (exact) mass is 446 g/mol. The first-order valence-electron chi connectivity index (χ1n) is 10.1. The molecule has 0 bridgehead atoms. The van der Waals surface area contributed by atoms with Crippen molar-refractivity contribution in [2.24, 2.45) is 0 Å². The van der Waals surface area contributed by atoms with Gasteiger partial charge in [0.15, 0.2) is 0 Å². The molecule has 0 radical (unpaired) electrons. The van der Waals surface area contributed by atoms with E-state index in [2.05, 4.69) is 5.32 Å². The van der Waals surface area contributed by atoms with Crippen LogP contribution in [0.5, 0.6) is 11.5 Å². The number of benzene rings is 2. The molecular weight excluding hydrogens is 416 g/mol. The molecule has 0 unspecified atom stereocenters. The Labute approximate surface area is 184 Å². The van der Waals surface area contributed by atoms with Crippen molar-refractivity contribution in [3.8, 4) is 11.5 Å². The molecule has 0 aromatic heterocycles. The van der Waals surface area contributed by atoms with Crippen LogP contribution in [0.1, 0.15) is 43.0 Å². The van der Waals surface area contributed by atoms with Crippen molar-refractivity contribution in [3.05, 3.63) is 53.1 Å². The number of carbonyl (C=O) groups is 1. The molecule has 1 N–H and O–H groups in total. The van der Waals surface area contributed by atoms with Gasteiger partial charge in [-0.25, -0.2) is 8.42 Å². The van der Waals surface area contributed by atoms with Gasteiger partial charge in [-0.15, -0.1) is 0 Å². The van der Waals surface area contributed by atoms with E-state index in [0.29, 0.717) is 23.6 Å². The maximum absolute atomic E-state index is 13.0. The number of rotatable bonds is 6. The summed E-state index contributed by atoms with van der Waals surface area (Å²) in [5, 5.41) is 3.01. The number of sulfonamides is 1. The first kappa shape index (κ1) is 22.9. The van der Waals surface area contributed by atoms with Gasteiger partial charge in [-0.3, -0.25) is 9.10 Å². The van der Waals surface area contributed by atoms with Crippen LogP contribution >= 0.6 is 0 Å². The van der Waals surface area contributed by atoms with Crippen molar-refractivity contribution in [3.63, 3.8) is 0 Å². The fourth-order valence-electron chi connectivity index (χ4n) is 3.85. The number of methoxy groups -OCH3 is 1. The summed E-state index contributed by atoms with van der Waals surface area (Å²) >= 11 is 0. The van der Waals surface area contributed by atoms with Crippen LogP contribution in [0.4, 0.5) is 5.69 Å². The zero-order valence-electron chi connectivity index (χ0n) is 18.9. The summed E-state index contributed by atoms with van der Waals surface area (Å²) in [6, 6.07) is 10.6. The molecule has 0 spiro atoms. The number of aryl methyl sites for hydroxylation is 1. The highest BCUT2D eigenvalue weighted by Crippen LogP contribution is 2.41. The number of nitrogens with one attached hydrogen (secondary N) is 1. The van der Waals surface area contributed by atoms with E-state index < -0.39 is 15.6 Å². The Morgan fingerprint density at radius 2 is 1.97 bits per heavy atom. The van der Waals surface area contributed by atoms with E-state index in [4.69, 9.17) is 9.47 Å². The second-order valence-electron chi connectivity index (χ2n) is 8.58. The van der Waals surface area contributed by atoms with Gasteiger partial charge in [0.2, 0.25) is 15.9 Å². The van der Waals surface area contributed by atoms with Gasteiger partial charge in [-0.1, -0.05) is 12.1 Å². The number of anilines is 1. The molecule has 1 atom stereocenters. The van der Waals surface area contributed by atoms with Crippen LogP contribution in [-0.4, -0.2) is 39.8 Å². The molecule has 1 aliphatic heterocycles. The molecule has 7 nitrogen and oxygen atoms in total. The van der Waals surface area contributed by atoms with Crippen LogP contribution < -0.4 is 19.1 Å². The van der Waals surface area contributed by atoms with Gasteiger partial charge in [0.1, 0.15) is 23.6 Å². The second-order valence-corrected chi connectivity index (χ2v) is 10.5. The minimum atomic E-state index is -3.66. The van der Waals surface area contributed by atoms with E-state index >= 15 is 0 Å². The number of hydrogen-bond acceptors (Lipinski definition) is 5. The Morgan fingerprint density at radius 3 is 2.61 bits per heavy atom. The van der Waals surface area contributed by atoms with Crippen molar-refractivity contribution in [1.29, 1.82) is 0 Å². The highest BCUT2D eigenvalue weighted by molar-refractivity contribution is 7.92. The number of nitrogens with zero attached hydrogens (tertiary/aromatic N) is 1. The lowest BCUT2D eigenvalue weighted by atomic mass is 9.89. The van der Waals surface area contributed by atoms with Crippen LogP contribution in [-0.2, 0) is 14.8 Å². The van der Waals surface area contributed by atoms with E-state index in [1.54, 1.807) is 19.2 Å². The average Bonchev–Trinajstić information content (AvgIpc) is 2.66. The van der Waals surface area contributed by atoms with Crippen molar-refractivity contribution in [2.45, 2.75) is 45.8 Å². The summed E-state index contributed by atoms with van der Waals surface area (Å²) < 4.78 is 37.6. The molecule has 3 rings (SSSR count). The topological polar surface area (TPSA) is 84.9 Å². The largest absolute Gasteiger partial charge is 0.497 e.